The molecule has 2 aromatic rings. The highest BCUT2D eigenvalue weighted by Crippen LogP contribution is 2.23. The van der Waals surface area contributed by atoms with E-state index in [9.17, 15) is 0 Å². The van der Waals surface area contributed by atoms with Gasteiger partial charge in [-0.2, -0.15) is 10.1 Å². The first-order chi connectivity index (χ1) is 8.08. The van der Waals surface area contributed by atoms with Crippen LogP contribution in [0.15, 0.2) is 17.3 Å². The number of aryl methyl sites for hydroxylation is 2. The number of nitrogens with two attached hydrogens (primary N) is 1. The predicted molar refractivity (Wildman–Crippen MR) is 66.2 cm³/mol. The molecule has 0 amide bonds. The molecule has 0 spiro atoms. The molecule has 2 heterocycles. The van der Waals surface area contributed by atoms with Gasteiger partial charge in [0.2, 0.25) is 11.8 Å². The molecule has 0 radical (unpaired) electrons. The highest BCUT2D eigenvalue weighted by molar-refractivity contribution is 7.98. The first-order valence-electron chi connectivity index (χ1n) is 4.95. The van der Waals surface area contributed by atoms with Crippen molar-refractivity contribution in [1.82, 2.24) is 19.7 Å². The third kappa shape index (κ3) is 2.68. The molecule has 2 aromatic heterocycles. The summed E-state index contributed by atoms with van der Waals surface area (Å²) in [6.45, 7) is 1.90. The van der Waals surface area contributed by atoms with Crippen LogP contribution in [-0.4, -0.2) is 26.0 Å². The summed E-state index contributed by atoms with van der Waals surface area (Å²) in [5.41, 5.74) is 6.55. The number of hydrogen-bond acceptors (Lipinski definition) is 6. The van der Waals surface area contributed by atoms with Gasteiger partial charge in [0.15, 0.2) is 5.16 Å². The van der Waals surface area contributed by atoms with Crippen LogP contribution < -0.4 is 10.5 Å². The van der Waals surface area contributed by atoms with E-state index >= 15 is 0 Å². The fraction of sp³-hybridized carbons (Fsp3) is 0.300. The van der Waals surface area contributed by atoms with Gasteiger partial charge in [0.1, 0.15) is 5.82 Å². The molecule has 0 aliphatic carbocycles. The lowest BCUT2D eigenvalue weighted by Gasteiger charge is -2.05. The minimum absolute atomic E-state index is 0.387. The van der Waals surface area contributed by atoms with Crippen LogP contribution in [0, 0.1) is 6.92 Å². The lowest BCUT2D eigenvalue weighted by molar-refractivity contribution is 0.411. The summed E-state index contributed by atoms with van der Waals surface area (Å²) in [7, 11) is 1.81. The molecule has 0 aliphatic heterocycles. The summed E-state index contributed by atoms with van der Waals surface area (Å²) in [6.07, 6.45) is 1.88. The smallest absolute Gasteiger partial charge is 0.227 e. The molecular weight excluding hydrogens is 238 g/mol. The standard InChI is InChI=1S/C10H13N5OS/c1-6-4-9(15(2)14-6)16-8-5-7(11)12-10(13-8)17-3/h4-5H,1-3H3,(H2,11,12,13). The molecule has 90 valence electrons. The highest BCUT2D eigenvalue weighted by atomic mass is 32.2. The fourth-order valence-corrected chi connectivity index (χ4v) is 1.73. The second-order valence-corrected chi connectivity index (χ2v) is 4.24. The van der Waals surface area contributed by atoms with Crippen molar-refractivity contribution in [2.24, 2.45) is 7.05 Å². The molecule has 0 aromatic carbocycles. The number of aromatic nitrogens is 4. The van der Waals surface area contributed by atoms with Crippen LogP contribution in [0.2, 0.25) is 0 Å². The van der Waals surface area contributed by atoms with Gasteiger partial charge in [0.25, 0.3) is 0 Å². The van der Waals surface area contributed by atoms with Crippen LogP contribution in [0.1, 0.15) is 5.69 Å². The average Bonchev–Trinajstić information content (AvgIpc) is 2.56. The predicted octanol–water partition coefficient (Wildman–Crippen LogP) is 1.61. The van der Waals surface area contributed by atoms with Gasteiger partial charge >= 0.3 is 0 Å². The first kappa shape index (κ1) is 11.7. The van der Waals surface area contributed by atoms with Crippen molar-refractivity contribution in [3.8, 4) is 11.8 Å². The van der Waals surface area contributed by atoms with Crippen molar-refractivity contribution in [3.63, 3.8) is 0 Å². The van der Waals surface area contributed by atoms with Gasteiger partial charge in [-0.3, -0.25) is 0 Å². The Hall–Kier alpha value is -1.76. The Morgan fingerprint density at radius 3 is 2.71 bits per heavy atom. The summed E-state index contributed by atoms with van der Waals surface area (Å²) in [5.74, 6) is 1.43. The Morgan fingerprint density at radius 2 is 2.12 bits per heavy atom. The van der Waals surface area contributed by atoms with Crippen molar-refractivity contribution in [2.45, 2.75) is 12.1 Å². The van der Waals surface area contributed by atoms with Crippen molar-refractivity contribution in [1.29, 1.82) is 0 Å². The van der Waals surface area contributed by atoms with Gasteiger partial charge in [0.05, 0.1) is 5.69 Å². The third-order valence-corrected chi connectivity index (χ3v) is 2.60. The SMILES string of the molecule is CSc1nc(N)cc(Oc2cc(C)nn2C)n1. The quantitative estimate of drug-likeness (QED) is 0.659. The second-order valence-electron chi connectivity index (χ2n) is 3.47. The zero-order valence-corrected chi connectivity index (χ0v) is 10.7. The molecule has 0 aliphatic rings. The van der Waals surface area contributed by atoms with Gasteiger partial charge in [-0.1, -0.05) is 11.8 Å². The van der Waals surface area contributed by atoms with Crippen molar-refractivity contribution in [3.05, 3.63) is 17.8 Å². The van der Waals surface area contributed by atoms with E-state index in [4.69, 9.17) is 10.5 Å². The summed E-state index contributed by atoms with van der Waals surface area (Å²) in [4.78, 5) is 8.26. The maximum Gasteiger partial charge on any atom is 0.227 e. The molecule has 17 heavy (non-hydrogen) atoms. The largest absolute Gasteiger partial charge is 0.421 e. The van der Waals surface area contributed by atoms with Crippen molar-refractivity contribution < 1.29 is 4.74 Å². The van der Waals surface area contributed by atoms with Crippen LogP contribution in [0.5, 0.6) is 11.8 Å². The molecule has 0 unspecified atom stereocenters. The molecule has 0 saturated carbocycles. The zero-order valence-electron chi connectivity index (χ0n) is 9.84. The first-order valence-corrected chi connectivity index (χ1v) is 6.18. The Kier molecular flexibility index (Phi) is 3.19. The molecule has 2 N–H and O–H groups in total. The van der Waals surface area contributed by atoms with Crippen LogP contribution in [0.3, 0.4) is 0 Å². The number of ether oxygens (including phenoxy) is 1. The summed E-state index contributed by atoms with van der Waals surface area (Å²) in [6, 6.07) is 3.42. The van der Waals surface area contributed by atoms with Crippen molar-refractivity contribution in [2.75, 3.05) is 12.0 Å². The van der Waals surface area contributed by atoms with Gasteiger partial charge in [0, 0.05) is 19.2 Å². The average molecular weight is 251 g/mol. The highest BCUT2D eigenvalue weighted by Gasteiger charge is 2.08. The van der Waals surface area contributed by atoms with Crippen LogP contribution in [0.25, 0.3) is 0 Å². The number of nitrogens with zero attached hydrogens (tertiary/aromatic N) is 4. The maximum atomic E-state index is 5.67. The van der Waals surface area contributed by atoms with E-state index in [1.807, 2.05) is 26.3 Å². The third-order valence-electron chi connectivity index (χ3n) is 2.05. The van der Waals surface area contributed by atoms with Gasteiger partial charge in [-0.15, -0.1) is 0 Å². The minimum atomic E-state index is 0.387. The summed E-state index contributed by atoms with van der Waals surface area (Å²) >= 11 is 1.41. The molecule has 0 bridgehead atoms. The number of nitrogen functional groups attached to an aromatic ring is 1. The van der Waals surface area contributed by atoms with Crippen molar-refractivity contribution >= 4 is 17.6 Å². The second kappa shape index (κ2) is 4.62. The van der Waals surface area contributed by atoms with E-state index < -0.39 is 0 Å². The van der Waals surface area contributed by atoms with Crippen LogP contribution in [-0.2, 0) is 7.05 Å². The zero-order chi connectivity index (χ0) is 12.4. The fourth-order valence-electron chi connectivity index (χ4n) is 1.35. The Labute approximate surface area is 103 Å². The maximum absolute atomic E-state index is 5.67. The Balaban J connectivity index is 2.29. The van der Waals surface area contributed by atoms with E-state index in [1.54, 1.807) is 10.7 Å². The van der Waals surface area contributed by atoms with Crippen LogP contribution >= 0.6 is 11.8 Å². The van der Waals surface area contributed by atoms with Crippen LogP contribution in [0.4, 0.5) is 5.82 Å². The molecule has 7 heteroatoms. The molecule has 0 saturated heterocycles. The van der Waals surface area contributed by atoms with E-state index in [2.05, 4.69) is 15.1 Å². The number of thioether (sulfide) groups is 1. The van der Waals surface area contributed by atoms with E-state index in [0.717, 1.165) is 5.69 Å². The van der Waals surface area contributed by atoms with Gasteiger partial charge < -0.3 is 10.5 Å². The molecule has 2 rings (SSSR count). The lowest BCUT2D eigenvalue weighted by atomic mass is 10.5. The number of hydrogen-bond donors (Lipinski definition) is 1. The Morgan fingerprint density at radius 1 is 1.35 bits per heavy atom. The van der Waals surface area contributed by atoms with E-state index in [0.29, 0.717) is 22.7 Å². The lowest BCUT2D eigenvalue weighted by Crippen LogP contribution is -2.00. The molecular formula is C10H13N5OS. The minimum Gasteiger partial charge on any atom is -0.421 e. The number of anilines is 1. The molecule has 0 fully saturated rings. The van der Waals surface area contributed by atoms with E-state index in [1.165, 1.54) is 11.8 Å². The molecule has 6 nitrogen and oxygen atoms in total. The Bertz CT molecular complexity index is 539. The topological polar surface area (TPSA) is 78.9 Å². The normalized spacial score (nSPS) is 10.5. The monoisotopic (exact) mass is 251 g/mol. The van der Waals surface area contributed by atoms with E-state index in [-0.39, 0.29) is 0 Å². The summed E-state index contributed by atoms with van der Waals surface area (Å²) in [5, 5.41) is 4.77. The number of rotatable bonds is 3. The summed E-state index contributed by atoms with van der Waals surface area (Å²) < 4.78 is 7.25. The van der Waals surface area contributed by atoms with Gasteiger partial charge in [-0.05, 0) is 13.2 Å². The molecule has 0 atom stereocenters. The van der Waals surface area contributed by atoms with Gasteiger partial charge in [-0.25, -0.2) is 9.67 Å².